The molecule has 3 aromatic rings. The Kier molecular flexibility index (Phi) is 3.74. The van der Waals surface area contributed by atoms with Gasteiger partial charge in [0.1, 0.15) is 5.69 Å². The van der Waals surface area contributed by atoms with E-state index in [1.54, 1.807) is 19.3 Å². The highest BCUT2D eigenvalue weighted by Gasteiger charge is 2.11. The van der Waals surface area contributed by atoms with E-state index < -0.39 is 0 Å². The van der Waals surface area contributed by atoms with Gasteiger partial charge in [-0.25, -0.2) is 0 Å². The number of aromatic nitrogens is 4. The van der Waals surface area contributed by atoms with E-state index >= 15 is 0 Å². The van der Waals surface area contributed by atoms with Crippen molar-refractivity contribution in [1.82, 2.24) is 25.2 Å². The maximum atomic E-state index is 5.35. The molecule has 3 heterocycles. The van der Waals surface area contributed by atoms with Crippen LogP contribution in [-0.4, -0.2) is 32.3 Å². The van der Waals surface area contributed by atoms with Crippen LogP contribution in [0.15, 0.2) is 39.5 Å². The summed E-state index contributed by atoms with van der Waals surface area (Å²) in [7, 11) is 1.95. The summed E-state index contributed by atoms with van der Waals surface area (Å²) in [5, 5.41) is 11.8. The fourth-order valence-electron chi connectivity index (χ4n) is 1.99. The van der Waals surface area contributed by atoms with Crippen LogP contribution >= 0.6 is 0 Å². The molecule has 0 unspecified atom stereocenters. The Morgan fingerprint density at radius 1 is 1.24 bits per heavy atom. The molecule has 0 fully saturated rings. The highest BCUT2D eigenvalue weighted by atomic mass is 16.5. The third kappa shape index (κ3) is 3.32. The van der Waals surface area contributed by atoms with Crippen molar-refractivity contribution in [3.63, 3.8) is 0 Å². The second-order valence-electron chi connectivity index (χ2n) is 4.81. The van der Waals surface area contributed by atoms with Crippen LogP contribution in [0.1, 0.15) is 17.5 Å². The zero-order valence-electron chi connectivity index (χ0n) is 11.9. The Bertz CT molecular complexity index is 707. The molecule has 21 heavy (non-hydrogen) atoms. The van der Waals surface area contributed by atoms with E-state index in [1.807, 2.05) is 30.1 Å². The normalized spacial score (nSPS) is 11.2. The van der Waals surface area contributed by atoms with Crippen LogP contribution in [0.4, 0.5) is 0 Å². The highest BCUT2D eigenvalue weighted by molar-refractivity contribution is 5.57. The van der Waals surface area contributed by atoms with Crippen LogP contribution in [0.3, 0.4) is 0 Å². The molecule has 0 N–H and O–H groups in total. The summed E-state index contributed by atoms with van der Waals surface area (Å²) in [5.74, 6) is 1.92. The summed E-state index contributed by atoms with van der Waals surface area (Å²) in [6.45, 7) is 2.94. The number of hydrogen-bond donors (Lipinski definition) is 0. The summed E-state index contributed by atoms with van der Waals surface area (Å²) in [6, 6.07) is 5.72. The van der Waals surface area contributed by atoms with Gasteiger partial charge in [0.15, 0.2) is 5.76 Å². The molecule has 0 bridgehead atoms. The second-order valence-corrected chi connectivity index (χ2v) is 4.81. The molecule has 0 radical (unpaired) electrons. The van der Waals surface area contributed by atoms with Crippen molar-refractivity contribution in [2.75, 3.05) is 7.05 Å². The predicted octanol–water partition coefficient (Wildman–Crippen LogP) is 2.06. The minimum absolute atomic E-state index is 0.559. The van der Waals surface area contributed by atoms with Crippen LogP contribution in [-0.2, 0) is 13.1 Å². The maximum Gasteiger partial charge on any atom is 0.230 e. The van der Waals surface area contributed by atoms with E-state index in [9.17, 15) is 0 Å². The SMILES string of the molecule is Cc1nnc(CN(C)Cc2cc(-c3cccnc3)no2)o1. The van der Waals surface area contributed by atoms with Gasteiger partial charge in [0.25, 0.3) is 0 Å². The van der Waals surface area contributed by atoms with Crippen LogP contribution in [0, 0.1) is 6.92 Å². The van der Waals surface area contributed by atoms with Gasteiger partial charge in [-0.3, -0.25) is 9.88 Å². The average molecular weight is 285 g/mol. The van der Waals surface area contributed by atoms with Gasteiger partial charge in [0.2, 0.25) is 11.8 Å². The van der Waals surface area contributed by atoms with Gasteiger partial charge in [-0.15, -0.1) is 10.2 Å². The first-order chi connectivity index (χ1) is 10.2. The van der Waals surface area contributed by atoms with Crippen molar-refractivity contribution in [1.29, 1.82) is 0 Å². The maximum absolute atomic E-state index is 5.35. The number of nitrogens with zero attached hydrogens (tertiary/aromatic N) is 5. The van der Waals surface area contributed by atoms with Gasteiger partial charge < -0.3 is 8.94 Å². The lowest BCUT2D eigenvalue weighted by Gasteiger charge is -2.11. The van der Waals surface area contributed by atoms with Crippen molar-refractivity contribution >= 4 is 0 Å². The third-order valence-electron chi connectivity index (χ3n) is 2.92. The molecule has 0 aliphatic heterocycles. The van der Waals surface area contributed by atoms with Crippen LogP contribution in [0.2, 0.25) is 0 Å². The summed E-state index contributed by atoms with van der Waals surface area (Å²) < 4.78 is 10.7. The predicted molar refractivity (Wildman–Crippen MR) is 73.9 cm³/mol. The molecular formula is C14H15N5O2. The molecule has 0 aliphatic rings. The van der Waals surface area contributed by atoms with E-state index in [4.69, 9.17) is 8.94 Å². The second kappa shape index (κ2) is 5.84. The Hall–Kier alpha value is -2.54. The lowest BCUT2D eigenvalue weighted by atomic mass is 10.2. The minimum atomic E-state index is 0.559. The summed E-state index contributed by atoms with van der Waals surface area (Å²) >= 11 is 0. The van der Waals surface area contributed by atoms with Gasteiger partial charge in [-0.1, -0.05) is 5.16 Å². The van der Waals surface area contributed by atoms with Gasteiger partial charge in [0.05, 0.1) is 13.1 Å². The van der Waals surface area contributed by atoms with Crippen molar-refractivity contribution in [3.05, 3.63) is 48.1 Å². The van der Waals surface area contributed by atoms with Crippen molar-refractivity contribution in [3.8, 4) is 11.3 Å². The lowest BCUT2D eigenvalue weighted by Crippen LogP contribution is -2.17. The number of aryl methyl sites for hydroxylation is 1. The van der Waals surface area contributed by atoms with E-state index in [0.717, 1.165) is 17.0 Å². The Labute approximate surface area is 121 Å². The molecule has 0 amide bonds. The molecule has 0 aliphatic carbocycles. The molecule has 0 aromatic carbocycles. The Morgan fingerprint density at radius 3 is 2.86 bits per heavy atom. The molecular weight excluding hydrogens is 270 g/mol. The fraction of sp³-hybridized carbons (Fsp3) is 0.286. The van der Waals surface area contributed by atoms with E-state index in [-0.39, 0.29) is 0 Å². The number of pyridine rings is 1. The van der Waals surface area contributed by atoms with Crippen LogP contribution < -0.4 is 0 Å². The summed E-state index contributed by atoms with van der Waals surface area (Å²) in [6.07, 6.45) is 3.48. The highest BCUT2D eigenvalue weighted by Crippen LogP contribution is 2.18. The van der Waals surface area contributed by atoms with Crippen LogP contribution in [0.5, 0.6) is 0 Å². The zero-order chi connectivity index (χ0) is 14.7. The molecule has 0 atom stereocenters. The smallest absolute Gasteiger partial charge is 0.230 e. The molecule has 7 heteroatoms. The average Bonchev–Trinajstić information content (AvgIpc) is 3.09. The van der Waals surface area contributed by atoms with Gasteiger partial charge in [-0.05, 0) is 19.2 Å². The molecule has 0 saturated carbocycles. The van der Waals surface area contributed by atoms with E-state index in [1.165, 1.54) is 0 Å². The lowest BCUT2D eigenvalue weighted by molar-refractivity contribution is 0.244. The number of hydrogen-bond acceptors (Lipinski definition) is 7. The van der Waals surface area contributed by atoms with E-state index in [0.29, 0.717) is 24.9 Å². The molecule has 108 valence electrons. The van der Waals surface area contributed by atoms with Gasteiger partial charge in [0, 0.05) is 30.9 Å². The molecule has 7 nitrogen and oxygen atoms in total. The van der Waals surface area contributed by atoms with Crippen molar-refractivity contribution in [2.24, 2.45) is 0 Å². The van der Waals surface area contributed by atoms with Crippen molar-refractivity contribution < 1.29 is 8.94 Å². The monoisotopic (exact) mass is 285 g/mol. The molecule has 0 spiro atoms. The first-order valence-corrected chi connectivity index (χ1v) is 6.54. The first-order valence-electron chi connectivity index (χ1n) is 6.54. The van der Waals surface area contributed by atoms with Crippen molar-refractivity contribution in [2.45, 2.75) is 20.0 Å². The standard InChI is InChI=1S/C14H15N5O2/c1-10-16-17-14(20-10)9-19(2)8-12-6-13(18-21-12)11-4-3-5-15-7-11/h3-7H,8-9H2,1-2H3. The molecule has 3 aromatic heterocycles. The molecule has 0 saturated heterocycles. The zero-order valence-corrected chi connectivity index (χ0v) is 11.9. The summed E-state index contributed by atoms with van der Waals surface area (Å²) in [4.78, 5) is 6.08. The minimum Gasteiger partial charge on any atom is -0.424 e. The fourth-order valence-corrected chi connectivity index (χ4v) is 1.99. The van der Waals surface area contributed by atoms with Gasteiger partial charge >= 0.3 is 0 Å². The number of rotatable bonds is 5. The largest absolute Gasteiger partial charge is 0.424 e. The quantitative estimate of drug-likeness (QED) is 0.709. The first kappa shape index (κ1) is 13.4. The summed E-state index contributed by atoms with van der Waals surface area (Å²) in [5.41, 5.74) is 1.71. The Balaban J connectivity index is 1.64. The topological polar surface area (TPSA) is 81.1 Å². The van der Waals surface area contributed by atoms with E-state index in [2.05, 4.69) is 20.3 Å². The van der Waals surface area contributed by atoms with Crippen LogP contribution in [0.25, 0.3) is 11.3 Å². The Morgan fingerprint density at radius 2 is 2.14 bits per heavy atom. The van der Waals surface area contributed by atoms with Gasteiger partial charge in [-0.2, -0.15) is 0 Å². The third-order valence-corrected chi connectivity index (χ3v) is 2.92. The molecule has 3 rings (SSSR count).